The molecule has 4 nitrogen and oxygen atoms in total. The Balaban J connectivity index is 2.22. The number of fused-ring (bicyclic) bond motifs is 1. The zero-order valence-electron chi connectivity index (χ0n) is 11.0. The Kier molecular flexibility index (Phi) is 3.21. The molecular weight excluding hydrogens is 254 g/mol. The maximum Gasteiger partial charge on any atom is 0.338 e. The Morgan fingerprint density at radius 1 is 1.25 bits per heavy atom. The van der Waals surface area contributed by atoms with Crippen molar-refractivity contribution in [2.24, 2.45) is 0 Å². The highest BCUT2D eigenvalue weighted by Gasteiger charge is 2.15. The fourth-order valence-electron chi connectivity index (χ4n) is 2.10. The quantitative estimate of drug-likeness (QED) is 0.679. The molecule has 3 aromatic rings. The summed E-state index contributed by atoms with van der Waals surface area (Å²) in [4.78, 5) is 16.6. The molecular formula is C16H13NO3. The van der Waals surface area contributed by atoms with Gasteiger partial charge in [-0.05, 0) is 31.2 Å². The van der Waals surface area contributed by atoms with Crippen LogP contribution >= 0.6 is 0 Å². The lowest BCUT2D eigenvalue weighted by atomic mass is 10.1. The van der Waals surface area contributed by atoms with E-state index in [1.165, 1.54) is 0 Å². The molecule has 0 amide bonds. The molecule has 0 unspecified atom stereocenters. The smallest absolute Gasteiger partial charge is 0.338 e. The third-order valence-corrected chi connectivity index (χ3v) is 2.99. The van der Waals surface area contributed by atoms with Crippen molar-refractivity contribution < 1.29 is 13.9 Å². The van der Waals surface area contributed by atoms with E-state index >= 15 is 0 Å². The van der Waals surface area contributed by atoms with Crippen LogP contribution in [0.4, 0.5) is 0 Å². The van der Waals surface area contributed by atoms with Gasteiger partial charge >= 0.3 is 5.97 Å². The van der Waals surface area contributed by atoms with Crippen LogP contribution in [0.25, 0.3) is 22.4 Å². The highest BCUT2D eigenvalue weighted by atomic mass is 16.5. The molecule has 2 heterocycles. The first-order valence-electron chi connectivity index (χ1n) is 6.40. The van der Waals surface area contributed by atoms with Gasteiger partial charge < -0.3 is 9.15 Å². The normalized spacial score (nSPS) is 10.7. The third-order valence-electron chi connectivity index (χ3n) is 2.99. The molecule has 0 radical (unpaired) electrons. The van der Waals surface area contributed by atoms with Crippen molar-refractivity contribution in [1.82, 2.24) is 4.98 Å². The van der Waals surface area contributed by atoms with Crippen LogP contribution in [0, 0.1) is 0 Å². The van der Waals surface area contributed by atoms with E-state index in [0.29, 0.717) is 23.6 Å². The number of hydrogen-bond donors (Lipinski definition) is 0. The molecule has 0 fully saturated rings. The number of hydrogen-bond acceptors (Lipinski definition) is 4. The summed E-state index contributed by atoms with van der Waals surface area (Å²) in [6.07, 6.45) is 1.58. The van der Waals surface area contributed by atoms with Gasteiger partial charge in [0.05, 0.1) is 24.0 Å². The standard InChI is InChI=1S/C16H13NO3/c1-2-19-16(18)12-10-14(15-8-5-9-20-15)17-13-7-4-3-6-11(12)13/h3-10H,2H2,1H3. The Labute approximate surface area is 116 Å². The molecule has 0 aliphatic carbocycles. The largest absolute Gasteiger partial charge is 0.463 e. The SMILES string of the molecule is CCOC(=O)c1cc(-c2ccco2)nc2ccccc12. The Morgan fingerprint density at radius 3 is 2.85 bits per heavy atom. The van der Waals surface area contributed by atoms with Gasteiger partial charge in [-0.15, -0.1) is 0 Å². The Hall–Kier alpha value is -2.62. The second-order valence-corrected chi connectivity index (χ2v) is 4.27. The van der Waals surface area contributed by atoms with Gasteiger partial charge in [0.15, 0.2) is 5.76 Å². The highest BCUT2D eigenvalue weighted by Crippen LogP contribution is 2.25. The Bertz CT molecular complexity index is 748. The topological polar surface area (TPSA) is 52.3 Å². The van der Waals surface area contributed by atoms with E-state index in [1.54, 1.807) is 25.3 Å². The number of rotatable bonds is 3. The van der Waals surface area contributed by atoms with Crippen molar-refractivity contribution in [3.05, 3.63) is 54.3 Å². The van der Waals surface area contributed by atoms with Gasteiger partial charge in [-0.3, -0.25) is 0 Å². The van der Waals surface area contributed by atoms with Crippen LogP contribution in [0.3, 0.4) is 0 Å². The fraction of sp³-hybridized carbons (Fsp3) is 0.125. The molecule has 0 aliphatic rings. The van der Waals surface area contributed by atoms with E-state index < -0.39 is 0 Å². The highest BCUT2D eigenvalue weighted by molar-refractivity contribution is 6.04. The maximum atomic E-state index is 12.1. The van der Waals surface area contributed by atoms with Crippen molar-refractivity contribution in [3.8, 4) is 11.5 Å². The first-order valence-corrected chi connectivity index (χ1v) is 6.40. The van der Waals surface area contributed by atoms with Crippen LogP contribution < -0.4 is 0 Å². The van der Waals surface area contributed by atoms with Gasteiger partial charge in [0.25, 0.3) is 0 Å². The van der Waals surface area contributed by atoms with Crippen LogP contribution in [0.1, 0.15) is 17.3 Å². The van der Waals surface area contributed by atoms with Crippen LogP contribution in [0.2, 0.25) is 0 Å². The second-order valence-electron chi connectivity index (χ2n) is 4.27. The van der Waals surface area contributed by atoms with Gasteiger partial charge in [0.1, 0.15) is 5.69 Å². The lowest BCUT2D eigenvalue weighted by Gasteiger charge is -2.07. The van der Waals surface area contributed by atoms with Gasteiger partial charge in [-0.2, -0.15) is 0 Å². The molecule has 0 N–H and O–H groups in total. The zero-order chi connectivity index (χ0) is 13.9. The molecule has 100 valence electrons. The van der Waals surface area contributed by atoms with Crippen LogP contribution in [0.15, 0.2) is 53.1 Å². The van der Waals surface area contributed by atoms with E-state index in [1.807, 2.05) is 30.3 Å². The zero-order valence-corrected chi connectivity index (χ0v) is 11.0. The van der Waals surface area contributed by atoms with E-state index in [9.17, 15) is 4.79 Å². The first kappa shape index (κ1) is 12.4. The van der Waals surface area contributed by atoms with Crippen molar-refractivity contribution >= 4 is 16.9 Å². The number of carbonyl (C=O) groups excluding carboxylic acids is 1. The number of para-hydroxylation sites is 1. The third kappa shape index (κ3) is 2.16. The summed E-state index contributed by atoms with van der Waals surface area (Å²) in [6.45, 7) is 2.13. The molecule has 0 saturated carbocycles. The molecule has 0 saturated heterocycles. The molecule has 1 aromatic carbocycles. The number of pyridine rings is 1. The number of ether oxygens (including phenoxy) is 1. The number of nitrogens with zero attached hydrogens (tertiary/aromatic N) is 1. The number of furan rings is 1. The summed E-state index contributed by atoms with van der Waals surface area (Å²) in [7, 11) is 0. The van der Waals surface area contributed by atoms with E-state index in [-0.39, 0.29) is 5.97 Å². The van der Waals surface area contributed by atoms with E-state index in [2.05, 4.69) is 4.98 Å². The van der Waals surface area contributed by atoms with Crippen LogP contribution in [0.5, 0.6) is 0 Å². The summed E-state index contributed by atoms with van der Waals surface area (Å²) >= 11 is 0. The van der Waals surface area contributed by atoms with E-state index in [0.717, 1.165) is 10.9 Å². The van der Waals surface area contributed by atoms with Gasteiger partial charge in [0, 0.05) is 5.39 Å². The molecule has 0 bridgehead atoms. The second kappa shape index (κ2) is 5.17. The summed E-state index contributed by atoms with van der Waals surface area (Å²) in [5, 5.41) is 0.779. The lowest BCUT2D eigenvalue weighted by molar-refractivity contribution is 0.0528. The van der Waals surface area contributed by atoms with Crippen molar-refractivity contribution in [2.75, 3.05) is 6.61 Å². The van der Waals surface area contributed by atoms with E-state index in [4.69, 9.17) is 9.15 Å². The van der Waals surface area contributed by atoms with Crippen molar-refractivity contribution in [3.63, 3.8) is 0 Å². The molecule has 4 heteroatoms. The van der Waals surface area contributed by atoms with Gasteiger partial charge in [-0.25, -0.2) is 9.78 Å². The van der Waals surface area contributed by atoms with Gasteiger partial charge in [-0.1, -0.05) is 18.2 Å². The minimum Gasteiger partial charge on any atom is -0.463 e. The summed E-state index contributed by atoms with van der Waals surface area (Å²) in [5.41, 5.74) is 1.87. The Morgan fingerprint density at radius 2 is 2.10 bits per heavy atom. The maximum absolute atomic E-state index is 12.1. The molecule has 20 heavy (non-hydrogen) atoms. The molecule has 0 atom stereocenters. The predicted molar refractivity (Wildman–Crippen MR) is 75.4 cm³/mol. The molecule has 3 rings (SSSR count). The van der Waals surface area contributed by atoms with Crippen molar-refractivity contribution in [1.29, 1.82) is 0 Å². The molecule has 0 aliphatic heterocycles. The lowest BCUT2D eigenvalue weighted by Crippen LogP contribution is -2.06. The predicted octanol–water partition coefficient (Wildman–Crippen LogP) is 3.67. The number of benzene rings is 1. The van der Waals surface area contributed by atoms with Crippen molar-refractivity contribution in [2.45, 2.75) is 6.92 Å². The monoisotopic (exact) mass is 267 g/mol. The average Bonchev–Trinajstić information content (AvgIpc) is 3.00. The summed E-state index contributed by atoms with van der Waals surface area (Å²) in [5.74, 6) is 0.278. The van der Waals surface area contributed by atoms with Crippen LogP contribution in [-0.4, -0.2) is 17.6 Å². The fourth-order valence-corrected chi connectivity index (χ4v) is 2.10. The van der Waals surface area contributed by atoms with Crippen LogP contribution in [-0.2, 0) is 4.74 Å². The molecule has 2 aromatic heterocycles. The number of aromatic nitrogens is 1. The van der Waals surface area contributed by atoms with Gasteiger partial charge in [0.2, 0.25) is 0 Å². The summed E-state index contributed by atoms with van der Waals surface area (Å²) < 4.78 is 10.5. The first-order chi connectivity index (χ1) is 9.79. The summed E-state index contributed by atoms with van der Waals surface area (Å²) in [6, 6.07) is 12.8. The minimum atomic E-state index is -0.348. The molecule has 0 spiro atoms. The minimum absolute atomic E-state index is 0.339. The average molecular weight is 267 g/mol. The number of esters is 1. The number of carbonyl (C=O) groups is 1.